The van der Waals surface area contributed by atoms with Crippen molar-refractivity contribution in [3.05, 3.63) is 133 Å². The van der Waals surface area contributed by atoms with E-state index in [0.717, 1.165) is 22.4 Å². The van der Waals surface area contributed by atoms with Gasteiger partial charge in [-0.3, -0.25) is 8.78 Å². The minimum Gasteiger partial charge on any atom is -0.305 e. The molecule has 5 rings (SSSR count). The third-order valence-electron chi connectivity index (χ3n) is 4.71. The molecule has 0 aliphatic carbocycles. The van der Waals surface area contributed by atoms with E-state index in [-0.39, 0.29) is 31.4 Å². The molecule has 6 heteroatoms. The number of hydrogen-bond acceptors (Lipinski definition) is 2. The monoisotopic (exact) mass is 631 g/mol. The molecule has 0 amide bonds. The SMILES string of the molecule is Fc1[c-]c(-c2ccc(-c3ccccc3)cn2)c(F)cc1F.[Ir].[c-]1ccccc1-c1ccccn1. The molecule has 0 bridgehead atoms. The molecule has 0 spiro atoms. The van der Waals surface area contributed by atoms with Crippen LogP contribution in [-0.2, 0) is 20.1 Å². The van der Waals surface area contributed by atoms with Crippen molar-refractivity contribution in [2.45, 2.75) is 0 Å². The summed E-state index contributed by atoms with van der Waals surface area (Å²) in [5.74, 6) is -3.38. The number of hydrogen-bond donors (Lipinski definition) is 0. The quantitative estimate of drug-likeness (QED) is 0.156. The van der Waals surface area contributed by atoms with Gasteiger partial charge in [-0.1, -0.05) is 72.3 Å². The summed E-state index contributed by atoms with van der Waals surface area (Å²) in [6, 6.07) is 32.2. The number of nitrogens with zero attached hydrogens (tertiary/aromatic N) is 2. The van der Waals surface area contributed by atoms with E-state index in [9.17, 15) is 13.2 Å². The van der Waals surface area contributed by atoms with Crippen molar-refractivity contribution in [2.75, 3.05) is 0 Å². The van der Waals surface area contributed by atoms with Crippen molar-refractivity contribution >= 4 is 0 Å². The molecule has 0 aliphatic heterocycles. The van der Waals surface area contributed by atoms with Crippen LogP contribution in [0.3, 0.4) is 0 Å². The summed E-state index contributed by atoms with van der Waals surface area (Å²) in [5.41, 5.74) is 3.84. The Labute approximate surface area is 209 Å². The predicted octanol–water partition coefficient (Wildman–Crippen LogP) is 7.18. The molecule has 0 saturated carbocycles. The Morgan fingerprint density at radius 1 is 0.647 bits per heavy atom. The zero-order chi connectivity index (χ0) is 23.0. The van der Waals surface area contributed by atoms with Crippen LogP contribution in [0.5, 0.6) is 0 Å². The third-order valence-corrected chi connectivity index (χ3v) is 4.71. The maximum atomic E-state index is 13.7. The number of aromatic nitrogens is 2. The average Bonchev–Trinajstić information content (AvgIpc) is 2.88. The summed E-state index contributed by atoms with van der Waals surface area (Å²) in [4.78, 5) is 8.31. The van der Waals surface area contributed by atoms with Crippen molar-refractivity contribution in [3.63, 3.8) is 0 Å². The number of benzene rings is 3. The first-order valence-electron chi connectivity index (χ1n) is 10.1. The summed E-state index contributed by atoms with van der Waals surface area (Å²) >= 11 is 0. The van der Waals surface area contributed by atoms with Crippen LogP contribution >= 0.6 is 0 Å². The zero-order valence-corrected chi connectivity index (χ0v) is 20.1. The molecule has 0 N–H and O–H groups in total. The Morgan fingerprint density at radius 3 is 2.06 bits per heavy atom. The second-order valence-corrected chi connectivity index (χ2v) is 6.94. The number of rotatable bonds is 3. The van der Waals surface area contributed by atoms with Gasteiger partial charge in [0.15, 0.2) is 0 Å². The fraction of sp³-hybridized carbons (Fsp3) is 0. The van der Waals surface area contributed by atoms with Crippen LogP contribution in [0.2, 0.25) is 0 Å². The van der Waals surface area contributed by atoms with Crippen LogP contribution in [0.25, 0.3) is 33.6 Å². The van der Waals surface area contributed by atoms with Crippen LogP contribution in [-0.4, -0.2) is 9.97 Å². The summed E-state index contributed by atoms with van der Waals surface area (Å²) in [6.45, 7) is 0. The van der Waals surface area contributed by atoms with E-state index in [1.165, 1.54) is 0 Å². The molecular formula is C28H17F3IrN2-2. The van der Waals surface area contributed by atoms with Gasteiger partial charge < -0.3 is 9.97 Å². The van der Waals surface area contributed by atoms with E-state index < -0.39 is 17.5 Å². The van der Waals surface area contributed by atoms with Crippen molar-refractivity contribution in [1.29, 1.82) is 0 Å². The largest absolute Gasteiger partial charge is 0.305 e. The van der Waals surface area contributed by atoms with Crippen LogP contribution in [0, 0.1) is 29.6 Å². The average molecular weight is 631 g/mol. The molecule has 2 nitrogen and oxygen atoms in total. The minimum atomic E-state index is -1.27. The van der Waals surface area contributed by atoms with Crippen molar-refractivity contribution in [3.8, 4) is 33.6 Å². The Bertz CT molecular complexity index is 1280. The van der Waals surface area contributed by atoms with E-state index in [1.54, 1.807) is 24.5 Å². The van der Waals surface area contributed by atoms with Crippen molar-refractivity contribution < 1.29 is 33.3 Å². The van der Waals surface area contributed by atoms with Gasteiger partial charge in [-0.15, -0.1) is 35.9 Å². The molecule has 171 valence electrons. The summed E-state index contributed by atoms with van der Waals surface area (Å²) in [6.07, 6.45) is 3.34. The van der Waals surface area contributed by atoms with Crippen LogP contribution < -0.4 is 0 Å². The fourth-order valence-corrected chi connectivity index (χ4v) is 3.08. The first-order chi connectivity index (χ1) is 16.1. The Morgan fingerprint density at radius 2 is 1.41 bits per heavy atom. The summed E-state index contributed by atoms with van der Waals surface area (Å²) in [7, 11) is 0. The number of pyridine rings is 2. The van der Waals surface area contributed by atoms with Gasteiger partial charge in [-0.25, -0.2) is 4.39 Å². The summed E-state index contributed by atoms with van der Waals surface area (Å²) < 4.78 is 39.7. The Hall–Kier alpha value is -3.60. The molecule has 3 aromatic carbocycles. The van der Waals surface area contributed by atoms with E-state index in [4.69, 9.17) is 0 Å². The van der Waals surface area contributed by atoms with E-state index in [2.05, 4.69) is 16.0 Å². The second kappa shape index (κ2) is 12.0. The van der Waals surface area contributed by atoms with Gasteiger partial charge in [-0.05, 0) is 28.6 Å². The first-order valence-corrected chi connectivity index (χ1v) is 10.1. The molecule has 0 aliphatic rings. The topological polar surface area (TPSA) is 25.8 Å². The van der Waals surface area contributed by atoms with Crippen LogP contribution in [0.15, 0.2) is 103 Å². The van der Waals surface area contributed by atoms with Gasteiger partial charge in [0.2, 0.25) is 0 Å². The maximum Gasteiger partial charge on any atom is 0.0756 e. The molecule has 5 aromatic rings. The second-order valence-electron chi connectivity index (χ2n) is 6.94. The van der Waals surface area contributed by atoms with E-state index >= 15 is 0 Å². The number of halogens is 3. The maximum absolute atomic E-state index is 13.7. The molecule has 2 aromatic heterocycles. The van der Waals surface area contributed by atoms with E-state index in [1.807, 2.05) is 78.9 Å². The Balaban J connectivity index is 0.000000212. The van der Waals surface area contributed by atoms with Crippen LogP contribution in [0.4, 0.5) is 13.2 Å². The van der Waals surface area contributed by atoms with Crippen LogP contribution in [0.1, 0.15) is 0 Å². The Kier molecular flexibility index (Phi) is 8.86. The van der Waals surface area contributed by atoms with Gasteiger partial charge >= 0.3 is 0 Å². The molecule has 34 heavy (non-hydrogen) atoms. The van der Waals surface area contributed by atoms with Gasteiger partial charge in [-0.2, -0.15) is 0 Å². The van der Waals surface area contributed by atoms with E-state index in [0.29, 0.717) is 6.07 Å². The normalized spacial score (nSPS) is 9.97. The van der Waals surface area contributed by atoms with Gasteiger partial charge in [0, 0.05) is 38.3 Å². The molecule has 0 fully saturated rings. The predicted molar refractivity (Wildman–Crippen MR) is 122 cm³/mol. The smallest absolute Gasteiger partial charge is 0.0756 e. The minimum absolute atomic E-state index is 0. The van der Waals surface area contributed by atoms with Gasteiger partial charge in [0.05, 0.1) is 11.6 Å². The van der Waals surface area contributed by atoms with Crippen molar-refractivity contribution in [2.24, 2.45) is 0 Å². The molecule has 0 saturated heterocycles. The zero-order valence-electron chi connectivity index (χ0n) is 17.7. The summed E-state index contributed by atoms with van der Waals surface area (Å²) in [5, 5.41) is 0. The third kappa shape index (κ3) is 6.25. The molecular weight excluding hydrogens is 614 g/mol. The first kappa shape index (κ1) is 25.0. The van der Waals surface area contributed by atoms with Crippen molar-refractivity contribution in [1.82, 2.24) is 9.97 Å². The molecule has 0 atom stereocenters. The molecule has 1 radical (unpaired) electrons. The van der Waals surface area contributed by atoms with Gasteiger partial charge in [0.1, 0.15) is 0 Å². The fourth-order valence-electron chi connectivity index (χ4n) is 3.08. The van der Waals surface area contributed by atoms with Gasteiger partial charge in [0.25, 0.3) is 0 Å². The molecule has 0 unspecified atom stereocenters. The molecule has 2 heterocycles. The standard InChI is InChI=1S/C17H9F3N.C11H8N.Ir/c18-14-9-16(20)15(19)8-13(14)17-7-6-12(10-21-17)11-4-2-1-3-5-11;1-2-6-10(7-3-1)11-8-4-5-9-12-11;/h1-7,9-10H;1-6,8-9H;/q2*-1;.